The highest BCUT2D eigenvalue weighted by molar-refractivity contribution is 5.99. The van der Waals surface area contributed by atoms with Crippen molar-refractivity contribution in [1.82, 2.24) is 15.5 Å². The topological polar surface area (TPSA) is 72.7 Å². The number of nitrogens with one attached hydrogen (secondary N) is 3. The van der Waals surface area contributed by atoms with Crippen LogP contribution in [0.3, 0.4) is 0 Å². The van der Waals surface area contributed by atoms with Crippen molar-refractivity contribution in [3.63, 3.8) is 0 Å². The lowest BCUT2D eigenvalue weighted by Crippen LogP contribution is -2.46. The van der Waals surface area contributed by atoms with E-state index in [9.17, 15) is 4.39 Å². The van der Waals surface area contributed by atoms with E-state index in [0.29, 0.717) is 12.5 Å². The summed E-state index contributed by atoms with van der Waals surface area (Å²) in [5.74, 6) is 1.45. The molecule has 0 spiro atoms. The van der Waals surface area contributed by atoms with Crippen molar-refractivity contribution in [2.75, 3.05) is 19.8 Å². The molecule has 0 amide bonds. The third kappa shape index (κ3) is 10.3. The van der Waals surface area contributed by atoms with E-state index in [4.69, 9.17) is 15.1 Å². The van der Waals surface area contributed by atoms with Gasteiger partial charge in [0.2, 0.25) is 0 Å². The molecule has 3 N–H and O–H groups in total. The number of amidine groups is 1. The fraction of sp³-hybridized carbons (Fsp3) is 0.529. The molecule has 3 rings (SSSR count). The minimum atomic E-state index is -1.08. The van der Waals surface area contributed by atoms with Crippen LogP contribution in [0.25, 0.3) is 0 Å². The Morgan fingerprint density at radius 1 is 1.27 bits per heavy atom. The molecular weight excluding hydrogens is 513 g/mol. The molecular formula is C34H50FN5O. The summed E-state index contributed by atoms with van der Waals surface area (Å²) in [7, 11) is 0. The molecule has 1 fully saturated rings. The lowest BCUT2D eigenvalue weighted by Gasteiger charge is -2.32. The van der Waals surface area contributed by atoms with Gasteiger partial charge in [0.1, 0.15) is 12.0 Å². The summed E-state index contributed by atoms with van der Waals surface area (Å²) in [6.07, 6.45) is 25.3. The fourth-order valence-corrected chi connectivity index (χ4v) is 5.09. The van der Waals surface area contributed by atoms with Gasteiger partial charge in [0.15, 0.2) is 0 Å². The van der Waals surface area contributed by atoms with E-state index in [-0.39, 0.29) is 11.6 Å². The first kappa shape index (κ1) is 32.3. The van der Waals surface area contributed by atoms with Crippen molar-refractivity contribution in [1.29, 1.82) is 5.41 Å². The Morgan fingerprint density at radius 3 is 2.78 bits per heavy atom. The third-order valence-electron chi connectivity index (χ3n) is 7.47. The van der Waals surface area contributed by atoms with Gasteiger partial charge >= 0.3 is 0 Å². The zero-order chi connectivity index (χ0) is 29.7. The van der Waals surface area contributed by atoms with Crippen molar-refractivity contribution in [2.24, 2.45) is 16.3 Å². The second-order valence-corrected chi connectivity index (χ2v) is 11.6. The van der Waals surface area contributed by atoms with Gasteiger partial charge in [0.25, 0.3) is 0 Å². The lowest BCUT2D eigenvalue weighted by molar-refractivity contribution is 0.124. The van der Waals surface area contributed by atoms with Gasteiger partial charge in [-0.3, -0.25) is 10.4 Å². The minimum absolute atomic E-state index is 0.121. The average Bonchev–Trinajstić information content (AvgIpc) is 3.15. The number of rotatable bonds is 14. The van der Waals surface area contributed by atoms with Gasteiger partial charge in [-0.05, 0) is 86.5 Å². The molecule has 224 valence electrons. The van der Waals surface area contributed by atoms with Gasteiger partial charge in [-0.1, -0.05) is 52.0 Å². The highest BCUT2D eigenvalue weighted by Gasteiger charge is 2.25. The monoisotopic (exact) mass is 563 g/mol. The molecule has 6 nitrogen and oxygen atoms in total. The maximum Gasteiger partial charge on any atom is 0.137 e. The summed E-state index contributed by atoms with van der Waals surface area (Å²) in [5, 5.41) is 15.2. The second-order valence-electron chi connectivity index (χ2n) is 11.6. The lowest BCUT2D eigenvalue weighted by atomic mass is 9.78. The standard InChI is InChI=1S/C34H50FN5O/c1-6-21-40(25-36)31(30-16-13-26(30)3)17-19-34(4,5)24-27-10-9-20-37-33(27)39-32(18-23-41-22-7-2)38-29-12-8-11-28(35)14-15-29/h6,8,11-12,14-15,17,19,21,24-26,28,32,36,38H,7,9-10,13,16,18,20,22-23H2,1-5H3,(H,37,39)/b19-17-,21-6+,27-24+,31-30+,36-25?. The second kappa shape index (κ2) is 16.3. The molecule has 41 heavy (non-hydrogen) atoms. The normalized spacial score (nSPS) is 24.1. The van der Waals surface area contributed by atoms with Crippen LogP contribution in [-0.4, -0.2) is 49.2 Å². The number of aliphatic imine (C=N–C) groups is 1. The summed E-state index contributed by atoms with van der Waals surface area (Å²) >= 11 is 0. The number of nitrogens with zero attached hydrogens (tertiary/aromatic N) is 2. The van der Waals surface area contributed by atoms with Gasteiger partial charge in [-0.15, -0.1) is 0 Å². The first-order chi connectivity index (χ1) is 19.8. The molecule has 3 aliphatic rings. The molecule has 3 unspecified atom stereocenters. The summed E-state index contributed by atoms with van der Waals surface area (Å²) in [5.41, 5.74) is 4.33. The molecule has 1 heterocycles. The summed E-state index contributed by atoms with van der Waals surface area (Å²) in [6.45, 7) is 12.9. The quantitative estimate of drug-likeness (QED) is 0.0886. The van der Waals surface area contributed by atoms with Gasteiger partial charge in [0.05, 0.1) is 19.1 Å². The number of hydrogen-bond donors (Lipinski definition) is 3. The highest BCUT2D eigenvalue weighted by Crippen LogP contribution is 2.37. The van der Waals surface area contributed by atoms with E-state index in [1.807, 2.05) is 30.2 Å². The largest absolute Gasteiger partial charge is 0.381 e. The highest BCUT2D eigenvalue weighted by atomic mass is 19.1. The number of allylic oxidation sites excluding steroid dienone is 10. The summed E-state index contributed by atoms with van der Waals surface area (Å²) < 4.78 is 19.6. The molecule has 0 aromatic heterocycles. The van der Waals surface area contributed by atoms with E-state index in [2.05, 4.69) is 56.6 Å². The molecule has 0 radical (unpaired) electrons. The Morgan fingerprint density at radius 2 is 2.10 bits per heavy atom. The molecule has 0 bridgehead atoms. The van der Waals surface area contributed by atoms with Crippen LogP contribution >= 0.6 is 0 Å². The average molecular weight is 564 g/mol. The Kier molecular flexibility index (Phi) is 12.9. The predicted molar refractivity (Wildman–Crippen MR) is 170 cm³/mol. The maximum absolute atomic E-state index is 13.8. The molecule has 3 atom stereocenters. The van der Waals surface area contributed by atoms with Crippen molar-refractivity contribution >= 4 is 12.2 Å². The maximum atomic E-state index is 13.8. The van der Waals surface area contributed by atoms with Crippen molar-refractivity contribution < 1.29 is 9.13 Å². The van der Waals surface area contributed by atoms with Crippen LogP contribution in [0.5, 0.6) is 0 Å². The van der Waals surface area contributed by atoms with Gasteiger partial charge < -0.3 is 20.3 Å². The Balaban J connectivity index is 1.81. The van der Waals surface area contributed by atoms with E-state index in [0.717, 1.165) is 62.5 Å². The van der Waals surface area contributed by atoms with E-state index in [1.165, 1.54) is 30.0 Å². The summed E-state index contributed by atoms with van der Waals surface area (Å²) in [6, 6.07) is 0. The Hall–Kier alpha value is -3.19. The molecule has 1 saturated carbocycles. The zero-order valence-corrected chi connectivity index (χ0v) is 25.6. The number of ether oxygens (including phenoxy) is 1. The zero-order valence-electron chi connectivity index (χ0n) is 25.6. The van der Waals surface area contributed by atoms with Gasteiger partial charge in [0, 0.05) is 42.6 Å². The van der Waals surface area contributed by atoms with Crippen LogP contribution in [0.1, 0.15) is 73.1 Å². The van der Waals surface area contributed by atoms with Gasteiger partial charge in [-0.2, -0.15) is 0 Å². The van der Waals surface area contributed by atoms with Crippen LogP contribution < -0.4 is 10.6 Å². The molecule has 0 aromatic rings. The van der Waals surface area contributed by atoms with Crippen LogP contribution in [0, 0.1) is 16.7 Å². The number of hydrogen-bond acceptors (Lipinski definition) is 5. The summed E-state index contributed by atoms with van der Waals surface area (Å²) in [4.78, 5) is 6.80. The number of halogens is 1. The molecule has 0 aromatic carbocycles. The van der Waals surface area contributed by atoms with Crippen molar-refractivity contribution in [3.8, 4) is 0 Å². The molecule has 2 aliphatic carbocycles. The fourth-order valence-electron chi connectivity index (χ4n) is 5.09. The van der Waals surface area contributed by atoms with E-state index in [1.54, 1.807) is 18.2 Å². The molecule has 1 aliphatic heterocycles. The van der Waals surface area contributed by atoms with E-state index < -0.39 is 6.17 Å². The SMILES string of the molecule is C/C=C/N(C=N)C(/C=C\C(C)(C)/C=C1\CCCN=C1NC(CCOCCC)NC1=CC=CC(F)C=C1)=C1\CCC1C. The van der Waals surface area contributed by atoms with Crippen molar-refractivity contribution in [2.45, 2.75) is 85.5 Å². The third-order valence-corrected chi connectivity index (χ3v) is 7.47. The molecule has 7 heteroatoms. The first-order valence-electron chi connectivity index (χ1n) is 15.2. The smallest absolute Gasteiger partial charge is 0.137 e. The van der Waals surface area contributed by atoms with E-state index >= 15 is 0 Å². The van der Waals surface area contributed by atoms with Crippen LogP contribution in [0.4, 0.5) is 4.39 Å². The number of alkyl halides is 1. The van der Waals surface area contributed by atoms with Crippen LogP contribution in [-0.2, 0) is 4.74 Å². The Labute approximate surface area is 247 Å². The van der Waals surface area contributed by atoms with Crippen LogP contribution in [0.2, 0.25) is 0 Å². The molecule has 0 saturated heterocycles. The first-order valence-corrected chi connectivity index (χ1v) is 15.2. The van der Waals surface area contributed by atoms with Gasteiger partial charge in [-0.25, -0.2) is 4.39 Å². The van der Waals surface area contributed by atoms with Crippen LogP contribution in [0.15, 0.2) is 88.4 Å². The minimum Gasteiger partial charge on any atom is -0.381 e. The Bertz CT molecular complexity index is 1120. The predicted octanol–water partition coefficient (Wildman–Crippen LogP) is 7.48. The van der Waals surface area contributed by atoms with Crippen molar-refractivity contribution in [3.05, 3.63) is 83.4 Å².